The molecule has 1 aromatic rings. The maximum absolute atomic E-state index is 12.4. The van der Waals surface area contributed by atoms with Gasteiger partial charge in [-0.3, -0.25) is 4.79 Å². The minimum atomic E-state index is 0.0924. The summed E-state index contributed by atoms with van der Waals surface area (Å²) in [7, 11) is 4.12. The lowest BCUT2D eigenvalue weighted by Crippen LogP contribution is -2.34. The number of hydrogen-bond acceptors (Lipinski definition) is 3. The van der Waals surface area contributed by atoms with Crippen molar-refractivity contribution in [3.8, 4) is 0 Å². The number of likely N-dealkylation sites (tertiary alicyclic amines) is 1. The molecular weight excluding hydrogens is 226 g/mol. The van der Waals surface area contributed by atoms with Gasteiger partial charge in [0.1, 0.15) is 0 Å². The molecule has 1 aliphatic rings. The molecule has 4 nitrogen and oxygen atoms in total. The largest absolute Gasteiger partial charge is 0.399 e. The molecule has 98 valence electrons. The molecule has 1 aliphatic heterocycles. The first-order valence-electron chi connectivity index (χ1n) is 6.30. The standard InChI is InChI=1S/C14H21N3O/c1-10-6-11(8-12(15)7-10)14(18)17-5-4-13(9-17)16(2)3/h6-8,13H,4-5,9,15H2,1-3H3. The lowest BCUT2D eigenvalue weighted by atomic mass is 10.1. The quantitative estimate of drug-likeness (QED) is 0.803. The van der Waals surface area contributed by atoms with Gasteiger partial charge in [0.15, 0.2) is 0 Å². The second-order valence-electron chi connectivity index (χ2n) is 5.29. The summed E-state index contributed by atoms with van der Waals surface area (Å²) in [5, 5.41) is 0. The van der Waals surface area contributed by atoms with Crippen molar-refractivity contribution in [3.63, 3.8) is 0 Å². The number of benzene rings is 1. The Bertz CT molecular complexity index is 436. The van der Waals surface area contributed by atoms with E-state index in [4.69, 9.17) is 5.73 Å². The molecule has 1 aromatic carbocycles. The molecule has 1 amide bonds. The van der Waals surface area contributed by atoms with Crippen molar-refractivity contribution < 1.29 is 4.79 Å². The number of carbonyl (C=O) groups is 1. The van der Waals surface area contributed by atoms with Crippen LogP contribution in [-0.2, 0) is 0 Å². The number of nitrogens with two attached hydrogens (primary N) is 1. The van der Waals surface area contributed by atoms with Gasteiger partial charge >= 0.3 is 0 Å². The Kier molecular flexibility index (Phi) is 3.57. The lowest BCUT2D eigenvalue weighted by molar-refractivity contribution is 0.0783. The summed E-state index contributed by atoms with van der Waals surface area (Å²) in [6, 6.07) is 6.01. The van der Waals surface area contributed by atoms with Gasteiger partial charge < -0.3 is 15.5 Å². The van der Waals surface area contributed by atoms with E-state index in [0.29, 0.717) is 17.3 Å². The Labute approximate surface area is 108 Å². The Morgan fingerprint density at radius 2 is 2.11 bits per heavy atom. The van der Waals surface area contributed by atoms with Crippen LogP contribution in [0.1, 0.15) is 22.3 Å². The number of nitrogens with zero attached hydrogens (tertiary/aromatic N) is 2. The molecule has 1 saturated heterocycles. The van der Waals surface area contributed by atoms with Crippen LogP contribution in [0.2, 0.25) is 0 Å². The minimum absolute atomic E-state index is 0.0924. The third-order valence-electron chi connectivity index (χ3n) is 3.53. The predicted octanol–water partition coefficient (Wildman–Crippen LogP) is 1.35. The number of likely N-dealkylation sites (N-methyl/N-ethyl adjacent to an activating group) is 1. The van der Waals surface area contributed by atoms with Gasteiger partial charge in [-0.15, -0.1) is 0 Å². The Hall–Kier alpha value is -1.55. The summed E-state index contributed by atoms with van der Waals surface area (Å²) in [4.78, 5) is 16.5. The molecule has 1 heterocycles. The first-order valence-corrected chi connectivity index (χ1v) is 6.30. The second-order valence-corrected chi connectivity index (χ2v) is 5.29. The first-order chi connectivity index (χ1) is 8.47. The van der Waals surface area contributed by atoms with Gasteiger partial charge in [0.05, 0.1) is 0 Å². The molecule has 1 unspecified atom stereocenters. The smallest absolute Gasteiger partial charge is 0.253 e. The maximum atomic E-state index is 12.4. The average molecular weight is 247 g/mol. The number of rotatable bonds is 2. The van der Waals surface area contributed by atoms with E-state index in [1.807, 2.05) is 24.0 Å². The SMILES string of the molecule is Cc1cc(N)cc(C(=O)N2CCC(N(C)C)C2)c1. The summed E-state index contributed by atoms with van der Waals surface area (Å²) >= 11 is 0. The summed E-state index contributed by atoms with van der Waals surface area (Å²) in [6.07, 6.45) is 1.04. The number of aryl methyl sites for hydroxylation is 1. The molecule has 18 heavy (non-hydrogen) atoms. The van der Waals surface area contributed by atoms with Gasteiger partial charge in [0, 0.05) is 30.4 Å². The molecule has 0 spiro atoms. The van der Waals surface area contributed by atoms with E-state index in [1.165, 1.54) is 0 Å². The highest BCUT2D eigenvalue weighted by Crippen LogP contribution is 2.18. The fraction of sp³-hybridized carbons (Fsp3) is 0.500. The molecular formula is C14H21N3O. The minimum Gasteiger partial charge on any atom is -0.399 e. The summed E-state index contributed by atoms with van der Waals surface area (Å²) in [5.74, 6) is 0.0924. The fourth-order valence-electron chi connectivity index (χ4n) is 2.47. The van der Waals surface area contributed by atoms with Crippen molar-refractivity contribution in [2.24, 2.45) is 0 Å². The number of carbonyl (C=O) groups excluding carboxylic acids is 1. The van der Waals surface area contributed by atoms with Gasteiger partial charge in [0.25, 0.3) is 5.91 Å². The van der Waals surface area contributed by atoms with E-state index in [-0.39, 0.29) is 5.91 Å². The molecule has 2 rings (SSSR count). The van der Waals surface area contributed by atoms with Crippen LogP contribution >= 0.6 is 0 Å². The number of amides is 1. The second kappa shape index (κ2) is 4.98. The molecule has 0 aliphatic carbocycles. The molecule has 1 atom stereocenters. The summed E-state index contributed by atoms with van der Waals surface area (Å²) in [5.41, 5.74) is 8.18. The molecule has 0 bridgehead atoms. The first kappa shape index (κ1) is 12.9. The third-order valence-corrected chi connectivity index (χ3v) is 3.53. The topological polar surface area (TPSA) is 49.6 Å². The van der Waals surface area contributed by atoms with Crippen LogP contribution in [0, 0.1) is 6.92 Å². The molecule has 0 aromatic heterocycles. The number of nitrogen functional groups attached to an aromatic ring is 1. The van der Waals surface area contributed by atoms with Gasteiger partial charge in [-0.05, 0) is 51.2 Å². The highest BCUT2D eigenvalue weighted by Gasteiger charge is 2.28. The maximum Gasteiger partial charge on any atom is 0.253 e. The zero-order valence-electron chi connectivity index (χ0n) is 11.3. The van der Waals surface area contributed by atoms with E-state index in [0.717, 1.165) is 25.1 Å². The van der Waals surface area contributed by atoms with Crippen molar-refractivity contribution in [1.82, 2.24) is 9.80 Å². The van der Waals surface area contributed by atoms with Crippen LogP contribution in [0.25, 0.3) is 0 Å². The van der Waals surface area contributed by atoms with E-state index >= 15 is 0 Å². The normalized spacial score (nSPS) is 19.6. The van der Waals surface area contributed by atoms with Crippen molar-refractivity contribution in [3.05, 3.63) is 29.3 Å². The fourth-order valence-corrected chi connectivity index (χ4v) is 2.47. The molecule has 2 N–H and O–H groups in total. The summed E-state index contributed by atoms with van der Waals surface area (Å²) < 4.78 is 0. The van der Waals surface area contributed by atoms with Crippen molar-refractivity contribution in [2.75, 3.05) is 32.9 Å². The van der Waals surface area contributed by atoms with Crippen LogP contribution in [0.4, 0.5) is 5.69 Å². The van der Waals surface area contributed by atoms with E-state index in [1.54, 1.807) is 6.07 Å². The molecule has 4 heteroatoms. The lowest BCUT2D eigenvalue weighted by Gasteiger charge is -2.20. The Balaban J connectivity index is 2.12. The zero-order valence-corrected chi connectivity index (χ0v) is 11.3. The molecule has 0 saturated carbocycles. The molecule has 1 fully saturated rings. The van der Waals surface area contributed by atoms with E-state index in [9.17, 15) is 4.79 Å². The van der Waals surface area contributed by atoms with Crippen LogP contribution in [-0.4, -0.2) is 48.9 Å². The van der Waals surface area contributed by atoms with Crippen LogP contribution in [0.5, 0.6) is 0 Å². The van der Waals surface area contributed by atoms with E-state index in [2.05, 4.69) is 19.0 Å². The van der Waals surface area contributed by atoms with Gasteiger partial charge in [-0.25, -0.2) is 0 Å². The summed E-state index contributed by atoms with van der Waals surface area (Å²) in [6.45, 7) is 3.59. The Morgan fingerprint density at radius 1 is 1.39 bits per heavy atom. The number of anilines is 1. The van der Waals surface area contributed by atoms with Crippen LogP contribution < -0.4 is 5.73 Å². The average Bonchev–Trinajstić information content (AvgIpc) is 2.75. The van der Waals surface area contributed by atoms with Gasteiger partial charge in [-0.2, -0.15) is 0 Å². The van der Waals surface area contributed by atoms with E-state index < -0.39 is 0 Å². The van der Waals surface area contributed by atoms with Crippen molar-refractivity contribution in [1.29, 1.82) is 0 Å². The van der Waals surface area contributed by atoms with Crippen LogP contribution in [0.15, 0.2) is 18.2 Å². The highest BCUT2D eigenvalue weighted by molar-refractivity contribution is 5.95. The monoisotopic (exact) mass is 247 g/mol. The highest BCUT2D eigenvalue weighted by atomic mass is 16.2. The Morgan fingerprint density at radius 3 is 2.67 bits per heavy atom. The van der Waals surface area contributed by atoms with Crippen molar-refractivity contribution >= 4 is 11.6 Å². The van der Waals surface area contributed by atoms with Crippen molar-refractivity contribution in [2.45, 2.75) is 19.4 Å². The third kappa shape index (κ3) is 2.64. The zero-order chi connectivity index (χ0) is 13.3. The number of hydrogen-bond donors (Lipinski definition) is 1. The van der Waals surface area contributed by atoms with Gasteiger partial charge in [-0.1, -0.05) is 0 Å². The van der Waals surface area contributed by atoms with Crippen LogP contribution in [0.3, 0.4) is 0 Å². The van der Waals surface area contributed by atoms with Gasteiger partial charge in [0.2, 0.25) is 0 Å². The predicted molar refractivity (Wildman–Crippen MR) is 73.6 cm³/mol. The molecule has 0 radical (unpaired) electrons.